The molecule has 0 saturated carbocycles. The Labute approximate surface area is 197 Å². The van der Waals surface area contributed by atoms with Crippen molar-refractivity contribution in [2.45, 2.75) is 20.3 Å². The highest BCUT2D eigenvalue weighted by atomic mass is 35.5. The second kappa shape index (κ2) is 9.72. The summed E-state index contributed by atoms with van der Waals surface area (Å²) >= 11 is 6.16. The minimum atomic E-state index is -0.475. The van der Waals surface area contributed by atoms with E-state index in [2.05, 4.69) is 11.1 Å². The van der Waals surface area contributed by atoms with Crippen molar-refractivity contribution in [1.29, 1.82) is 5.26 Å². The van der Waals surface area contributed by atoms with Gasteiger partial charge in [0, 0.05) is 10.4 Å². The fourth-order valence-corrected chi connectivity index (χ4v) is 3.85. The van der Waals surface area contributed by atoms with Gasteiger partial charge in [-0.3, -0.25) is 0 Å². The van der Waals surface area contributed by atoms with Crippen LogP contribution in [-0.2, 0) is 11.2 Å². The lowest BCUT2D eigenvalue weighted by atomic mass is 10.0. The van der Waals surface area contributed by atoms with Crippen molar-refractivity contribution in [3.05, 3.63) is 88.6 Å². The Morgan fingerprint density at radius 1 is 1.06 bits per heavy atom. The van der Waals surface area contributed by atoms with Crippen LogP contribution in [0.4, 0.5) is 0 Å². The fourth-order valence-electron chi connectivity index (χ4n) is 3.68. The summed E-state index contributed by atoms with van der Waals surface area (Å²) in [7, 11) is 0. The first-order valence-corrected chi connectivity index (χ1v) is 11.0. The average molecular weight is 457 g/mol. The van der Waals surface area contributed by atoms with Crippen LogP contribution in [0.3, 0.4) is 0 Å². The molecular weight excluding hydrogens is 436 g/mol. The molecule has 0 bridgehead atoms. The van der Waals surface area contributed by atoms with Crippen LogP contribution in [0.1, 0.15) is 35.5 Å². The maximum absolute atomic E-state index is 12.9. The average Bonchev–Trinajstić information content (AvgIpc) is 2.84. The van der Waals surface area contributed by atoms with Crippen LogP contribution in [0.25, 0.3) is 22.0 Å². The van der Waals surface area contributed by atoms with Crippen molar-refractivity contribution in [3.63, 3.8) is 0 Å². The number of halogens is 1. The van der Waals surface area contributed by atoms with Gasteiger partial charge in [0.15, 0.2) is 5.75 Å². The molecule has 5 nitrogen and oxygen atoms in total. The molecule has 0 aliphatic rings. The van der Waals surface area contributed by atoms with Gasteiger partial charge in [-0.15, -0.1) is 0 Å². The van der Waals surface area contributed by atoms with Gasteiger partial charge in [-0.1, -0.05) is 54.9 Å². The predicted molar refractivity (Wildman–Crippen MR) is 129 cm³/mol. The van der Waals surface area contributed by atoms with Gasteiger partial charge in [-0.05, 0) is 54.8 Å². The van der Waals surface area contributed by atoms with Crippen LogP contribution in [0.2, 0.25) is 5.02 Å². The van der Waals surface area contributed by atoms with E-state index in [1.54, 1.807) is 31.2 Å². The molecule has 0 spiro atoms. The van der Waals surface area contributed by atoms with Crippen LogP contribution in [-0.4, -0.2) is 17.6 Å². The number of pyridine rings is 1. The number of nitrogens with zero attached hydrogens (tertiary/aromatic N) is 2. The monoisotopic (exact) mass is 456 g/mol. The molecule has 0 atom stereocenters. The van der Waals surface area contributed by atoms with Crippen molar-refractivity contribution in [2.24, 2.45) is 0 Å². The molecular formula is C27H21ClN2O3. The molecule has 0 radical (unpaired) electrons. The number of aryl methyl sites for hydroxylation is 1. The van der Waals surface area contributed by atoms with E-state index in [4.69, 9.17) is 21.1 Å². The van der Waals surface area contributed by atoms with E-state index in [9.17, 15) is 10.1 Å². The Hall–Kier alpha value is -3.88. The molecule has 1 aromatic heterocycles. The van der Waals surface area contributed by atoms with Crippen molar-refractivity contribution >= 4 is 28.5 Å². The van der Waals surface area contributed by atoms with Gasteiger partial charge in [0.2, 0.25) is 0 Å². The van der Waals surface area contributed by atoms with Crippen LogP contribution < -0.4 is 4.74 Å². The fraction of sp³-hybridized carbons (Fsp3) is 0.148. The summed E-state index contributed by atoms with van der Waals surface area (Å²) in [6, 6.07) is 22.2. The van der Waals surface area contributed by atoms with Crippen LogP contribution in [0.5, 0.6) is 11.5 Å². The molecule has 164 valence electrons. The smallest absolute Gasteiger partial charge is 0.342 e. The van der Waals surface area contributed by atoms with Crippen LogP contribution in [0.15, 0.2) is 66.7 Å². The molecule has 0 N–H and O–H groups in total. The number of hydrogen-bond acceptors (Lipinski definition) is 5. The molecule has 6 heteroatoms. The van der Waals surface area contributed by atoms with Gasteiger partial charge >= 0.3 is 5.97 Å². The first-order chi connectivity index (χ1) is 16.0. The quantitative estimate of drug-likeness (QED) is 0.293. The summed E-state index contributed by atoms with van der Waals surface area (Å²) in [5.74, 6) is 0.441. The molecule has 33 heavy (non-hydrogen) atoms. The Kier molecular flexibility index (Phi) is 6.58. The number of benzene rings is 3. The molecule has 4 rings (SSSR count). The van der Waals surface area contributed by atoms with E-state index in [-0.39, 0.29) is 6.61 Å². The predicted octanol–water partition coefficient (Wildman–Crippen LogP) is 6.96. The molecule has 4 aromatic rings. The molecule has 0 aliphatic heterocycles. The first-order valence-electron chi connectivity index (χ1n) is 10.6. The van der Waals surface area contributed by atoms with E-state index in [1.807, 2.05) is 49.4 Å². The first kappa shape index (κ1) is 22.3. The number of ether oxygens (including phenoxy) is 2. The third-order valence-corrected chi connectivity index (χ3v) is 5.46. The topological polar surface area (TPSA) is 72.2 Å². The van der Waals surface area contributed by atoms with Gasteiger partial charge in [0.05, 0.1) is 29.5 Å². The summed E-state index contributed by atoms with van der Waals surface area (Å²) in [5, 5.41) is 10.5. The zero-order chi connectivity index (χ0) is 23.4. The highest BCUT2D eigenvalue weighted by molar-refractivity contribution is 6.31. The number of hydrogen-bond donors (Lipinski definition) is 0. The van der Waals surface area contributed by atoms with Crippen molar-refractivity contribution in [1.82, 2.24) is 4.98 Å². The van der Waals surface area contributed by atoms with Crippen molar-refractivity contribution in [3.8, 4) is 28.7 Å². The minimum Gasteiger partial charge on any atom is -0.462 e. The Bertz CT molecular complexity index is 1380. The lowest BCUT2D eigenvalue weighted by Gasteiger charge is -2.17. The van der Waals surface area contributed by atoms with Gasteiger partial charge in [-0.2, -0.15) is 5.26 Å². The van der Waals surface area contributed by atoms with Crippen LogP contribution in [0, 0.1) is 11.3 Å². The molecule has 0 saturated heterocycles. The SMILES string of the molecule is CCOC(=O)c1c(Oc2ccc(-c3ccccc3C#N)cc2)c(CC)nc2cc(Cl)ccc12. The molecule has 0 aliphatic carbocycles. The highest BCUT2D eigenvalue weighted by Crippen LogP contribution is 2.36. The van der Waals surface area contributed by atoms with Crippen molar-refractivity contribution in [2.75, 3.05) is 6.61 Å². The third kappa shape index (κ3) is 4.52. The number of nitriles is 1. The van der Waals surface area contributed by atoms with Gasteiger partial charge in [0.25, 0.3) is 0 Å². The lowest BCUT2D eigenvalue weighted by Crippen LogP contribution is -2.10. The summed E-state index contributed by atoms with van der Waals surface area (Å²) in [4.78, 5) is 17.6. The Morgan fingerprint density at radius 3 is 2.52 bits per heavy atom. The zero-order valence-electron chi connectivity index (χ0n) is 18.3. The van der Waals surface area contributed by atoms with E-state index < -0.39 is 5.97 Å². The number of rotatable bonds is 6. The van der Waals surface area contributed by atoms with Gasteiger partial charge in [-0.25, -0.2) is 9.78 Å². The van der Waals surface area contributed by atoms with E-state index in [1.165, 1.54) is 0 Å². The Morgan fingerprint density at radius 2 is 1.82 bits per heavy atom. The summed E-state index contributed by atoms with van der Waals surface area (Å²) in [6.45, 7) is 3.95. The van der Waals surface area contributed by atoms with E-state index in [0.29, 0.717) is 50.7 Å². The van der Waals surface area contributed by atoms with E-state index in [0.717, 1.165) is 11.1 Å². The van der Waals surface area contributed by atoms with Gasteiger partial charge in [0.1, 0.15) is 11.3 Å². The van der Waals surface area contributed by atoms with Crippen molar-refractivity contribution < 1.29 is 14.3 Å². The van der Waals surface area contributed by atoms with Gasteiger partial charge < -0.3 is 9.47 Å². The number of carbonyl (C=O) groups is 1. The van der Waals surface area contributed by atoms with E-state index >= 15 is 0 Å². The summed E-state index contributed by atoms with van der Waals surface area (Å²) in [6.07, 6.45) is 0.553. The minimum absolute atomic E-state index is 0.240. The maximum Gasteiger partial charge on any atom is 0.342 e. The third-order valence-electron chi connectivity index (χ3n) is 5.22. The zero-order valence-corrected chi connectivity index (χ0v) is 19.0. The number of fused-ring (bicyclic) bond motifs is 1. The molecule has 0 fully saturated rings. The molecule has 1 heterocycles. The highest BCUT2D eigenvalue weighted by Gasteiger charge is 2.23. The Balaban J connectivity index is 1.79. The maximum atomic E-state index is 12.9. The second-order valence-electron chi connectivity index (χ2n) is 7.28. The normalized spacial score (nSPS) is 10.6. The number of esters is 1. The number of carbonyl (C=O) groups excluding carboxylic acids is 1. The molecule has 0 amide bonds. The molecule has 3 aromatic carbocycles. The standard InChI is InChI=1S/C27H21ClN2O3/c1-3-23-26(25(27(31)32-4-2)22-14-11-19(28)15-24(22)30-23)33-20-12-9-17(10-13-20)21-8-6-5-7-18(21)16-29/h5-15H,3-4H2,1-2H3. The summed E-state index contributed by atoms with van der Waals surface area (Å²) < 4.78 is 11.6. The second-order valence-corrected chi connectivity index (χ2v) is 7.72. The molecule has 0 unspecified atom stereocenters. The summed E-state index contributed by atoms with van der Waals surface area (Å²) in [5.41, 5.74) is 3.91. The largest absolute Gasteiger partial charge is 0.462 e. The lowest BCUT2D eigenvalue weighted by molar-refractivity contribution is 0.0525. The number of aromatic nitrogens is 1. The van der Waals surface area contributed by atoms with Crippen LogP contribution >= 0.6 is 11.6 Å².